The van der Waals surface area contributed by atoms with Gasteiger partial charge in [-0.05, 0) is 47.1 Å². The smallest absolute Gasteiger partial charge is 0.00604 e. The number of fused-ring (bicyclic) bond motifs is 1. The molecule has 0 atom stereocenters. The first-order chi connectivity index (χ1) is 9.15. The molecular formula is C19H20. The van der Waals surface area contributed by atoms with E-state index in [0.29, 0.717) is 5.92 Å². The van der Waals surface area contributed by atoms with E-state index in [9.17, 15) is 0 Å². The topological polar surface area (TPSA) is 0 Å². The van der Waals surface area contributed by atoms with Gasteiger partial charge in [0.15, 0.2) is 0 Å². The molecule has 0 bridgehead atoms. The summed E-state index contributed by atoms with van der Waals surface area (Å²) in [6.45, 7) is 6.71. The van der Waals surface area contributed by atoms with E-state index >= 15 is 0 Å². The van der Waals surface area contributed by atoms with E-state index in [1.54, 1.807) is 0 Å². The van der Waals surface area contributed by atoms with E-state index < -0.39 is 0 Å². The highest BCUT2D eigenvalue weighted by atomic mass is 14.2. The second kappa shape index (κ2) is 4.70. The first-order valence-electron chi connectivity index (χ1n) is 7.04. The van der Waals surface area contributed by atoms with Crippen LogP contribution in [-0.2, 0) is 6.42 Å². The molecule has 19 heavy (non-hydrogen) atoms. The van der Waals surface area contributed by atoms with Crippen LogP contribution in [0.5, 0.6) is 0 Å². The Hall–Kier alpha value is -1.82. The second-order valence-corrected chi connectivity index (χ2v) is 5.83. The molecule has 0 aliphatic heterocycles. The maximum atomic E-state index is 2.34. The number of hydrogen-bond donors (Lipinski definition) is 0. The quantitative estimate of drug-likeness (QED) is 0.664. The van der Waals surface area contributed by atoms with Crippen LogP contribution >= 0.6 is 0 Å². The van der Waals surface area contributed by atoms with Crippen LogP contribution < -0.4 is 0 Å². The molecule has 0 nitrogen and oxygen atoms in total. The Morgan fingerprint density at radius 3 is 2.58 bits per heavy atom. The number of rotatable bonds is 2. The van der Waals surface area contributed by atoms with Crippen molar-refractivity contribution in [1.82, 2.24) is 0 Å². The zero-order valence-corrected chi connectivity index (χ0v) is 11.9. The number of allylic oxidation sites excluding steroid dienone is 1. The second-order valence-electron chi connectivity index (χ2n) is 5.83. The van der Waals surface area contributed by atoms with Gasteiger partial charge < -0.3 is 0 Å². The zero-order chi connectivity index (χ0) is 13.4. The molecule has 0 unspecified atom stereocenters. The maximum absolute atomic E-state index is 2.34. The van der Waals surface area contributed by atoms with E-state index in [4.69, 9.17) is 0 Å². The summed E-state index contributed by atoms with van der Waals surface area (Å²) in [6, 6.07) is 15.6. The molecule has 0 amide bonds. The van der Waals surface area contributed by atoms with Gasteiger partial charge in [0.1, 0.15) is 0 Å². The standard InChI is InChI=1S/C19H20/c1-13(2)15-6-4-7-17(12-15)18-9-5-8-16-10-14(3)11-19(16)18/h4-9,11-13H,10H2,1-3H3. The van der Waals surface area contributed by atoms with Crippen LogP contribution in [0.15, 0.2) is 48.0 Å². The highest BCUT2D eigenvalue weighted by molar-refractivity contribution is 5.80. The van der Waals surface area contributed by atoms with Crippen molar-refractivity contribution in [1.29, 1.82) is 0 Å². The molecule has 0 spiro atoms. The molecule has 0 heteroatoms. The summed E-state index contributed by atoms with van der Waals surface area (Å²) in [7, 11) is 0. The van der Waals surface area contributed by atoms with E-state index in [1.807, 2.05) is 0 Å². The highest BCUT2D eigenvalue weighted by Gasteiger charge is 2.14. The van der Waals surface area contributed by atoms with Crippen LogP contribution in [0.1, 0.15) is 43.4 Å². The monoisotopic (exact) mass is 248 g/mol. The van der Waals surface area contributed by atoms with Crippen molar-refractivity contribution < 1.29 is 0 Å². The fraction of sp³-hybridized carbons (Fsp3) is 0.263. The molecule has 0 heterocycles. The van der Waals surface area contributed by atoms with Crippen molar-refractivity contribution in [3.8, 4) is 11.1 Å². The van der Waals surface area contributed by atoms with Crippen LogP contribution in [0, 0.1) is 0 Å². The molecule has 0 aromatic heterocycles. The van der Waals surface area contributed by atoms with Crippen LogP contribution in [0.25, 0.3) is 17.2 Å². The summed E-state index contributed by atoms with van der Waals surface area (Å²) in [6.07, 6.45) is 3.44. The molecule has 0 fully saturated rings. The van der Waals surface area contributed by atoms with Gasteiger partial charge in [0, 0.05) is 0 Å². The Kier molecular flexibility index (Phi) is 3.02. The van der Waals surface area contributed by atoms with E-state index in [2.05, 4.69) is 69.3 Å². The minimum absolute atomic E-state index is 0.578. The molecule has 3 rings (SSSR count). The van der Waals surface area contributed by atoms with Gasteiger partial charge in [0.05, 0.1) is 0 Å². The Balaban J connectivity index is 2.13. The molecule has 0 saturated carbocycles. The van der Waals surface area contributed by atoms with Crippen LogP contribution in [0.4, 0.5) is 0 Å². The molecule has 0 saturated heterocycles. The third-order valence-corrected chi connectivity index (χ3v) is 3.92. The van der Waals surface area contributed by atoms with E-state index in [-0.39, 0.29) is 0 Å². The molecule has 2 aromatic rings. The molecule has 96 valence electrons. The Bertz CT molecular complexity index is 645. The van der Waals surface area contributed by atoms with Gasteiger partial charge in [-0.15, -0.1) is 0 Å². The molecule has 1 aliphatic rings. The largest absolute Gasteiger partial charge is 0.0683 e. The van der Waals surface area contributed by atoms with Gasteiger partial charge in [-0.1, -0.05) is 68.0 Å². The average Bonchev–Trinajstić information content (AvgIpc) is 2.78. The van der Waals surface area contributed by atoms with Crippen molar-refractivity contribution in [2.75, 3.05) is 0 Å². The van der Waals surface area contributed by atoms with Crippen molar-refractivity contribution in [3.63, 3.8) is 0 Å². The fourth-order valence-corrected chi connectivity index (χ4v) is 2.85. The van der Waals surface area contributed by atoms with Crippen molar-refractivity contribution >= 4 is 6.08 Å². The lowest BCUT2D eigenvalue weighted by Crippen LogP contribution is -1.90. The number of benzene rings is 2. The van der Waals surface area contributed by atoms with Crippen LogP contribution in [0.2, 0.25) is 0 Å². The molecule has 0 radical (unpaired) electrons. The van der Waals surface area contributed by atoms with Crippen LogP contribution in [-0.4, -0.2) is 0 Å². The lowest BCUT2D eigenvalue weighted by atomic mass is 9.93. The average molecular weight is 248 g/mol. The lowest BCUT2D eigenvalue weighted by molar-refractivity contribution is 0.867. The predicted molar refractivity (Wildman–Crippen MR) is 83.3 cm³/mol. The van der Waals surface area contributed by atoms with Gasteiger partial charge in [-0.2, -0.15) is 0 Å². The molecule has 1 aliphatic carbocycles. The summed E-state index contributed by atoms with van der Waals surface area (Å²) < 4.78 is 0. The Morgan fingerprint density at radius 2 is 1.79 bits per heavy atom. The highest BCUT2D eigenvalue weighted by Crippen LogP contribution is 2.34. The van der Waals surface area contributed by atoms with Gasteiger partial charge >= 0.3 is 0 Å². The minimum Gasteiger partial charge on any atom is -0.0683 e. The minimum atomic E-state index is 0.578. The number of hydrogen-bond acceptors (Lipinski definition) is 0. The van der Waals surface area contributed by atoms with Gasteiger partial charge in [-0.3, -0.25) is 0 Å². The predicted octanol–water partition coefficient (Wildman–Crippen LogP) is 5.44. The molecule has 2 aromatic carbocycles. The fourth-order valence-electron chi connectivity index (χ4n) is 2.85. The first-order valence-corrected chi connectivity index (χ1v) is 7.04. The summed E-state index contributed by atoms with van der Waals surface area (Å²) >= 11 is 0. The van der Waals surface area contributed by atoms with Crippen molar-refractivity contribution in [3.05, 3.63) is 64.7 Å². The van der Waals surface area contributed by atoms with Crippen LogP contribution in [0.3, 0.4) is 0 Å². The van der Waals surface area contributed by atoms with E-state index in [1.165, 1.54) is 33.4 Å². The Labute approximate surface area is 115 Å². The Morgan fingerprint density at radius 1 is 1.00 bits per heavy atom. The van der Waals surface area contributed by atoms with Crippen molar-refractivity contribution in [2.24, 2.45) is 0 Å². The summed E-state index contributed by atoms with van der Waals surface area (Å²) in [4.78, 5) is 0. The third kappa shape index (κ3) is 2.23. The summed E-state index contributed by atoms with van der Waals surface area (Å²) in [5, 5.41) is 0. The lowest BCUT2D eigenvalue weighted by Gasteiger charge is -2.11. The SMILES string of the molecule is CC1=Cc2c(cccc2-c2cccc(C(C)C)c2)C1. The third-order valence-electron chi connectivity index (χ3n) is 3.92. The van der Waals surface area contributed by atoms with E-state index in [0.717, 1.165) is 6.42 Å². The summed E-state index contributed by atoms with van der Waals surface area (Å²) in [5.41, 5.74) is 8.47. The van der Waals surface area contributed by atoms with Gasteiger partial charge in [-0.25, -0.2) is 0 Å². The zero-order valence-electron chi connectivity index (χ0n) is 11.9. The normalized spacial score (nSPS) is 13.6. The maximum Gasteiger partial charge on any atom is -0.00604 e. The summed E-state index contributed by atoms with van der Waals surface area (Å²) in [5.74, 6) is 0.578. The van der Waals surface area contributed by atoms with Gasteiger partial charge in [0.25, 0.3) is 0 Å². The first kappa shape index (κ1) is 12.2. The van der Waals surface area contributed by atoms with Gasteiger partial charge in [0.2, 0.25) is 0 Å². The molecule has 0 N–H and O–H groups in total. The van der Waals surface area contributed by atoms with Crippen molar-refractivity contribution in [2.45, 2.75) is 33.1 Å². The molecular weight excluding hydrogens is 228 g/mol.